The van der Waals surface area contributed by atoms with Crippen LogP contribution in [0.1, 0.15) is 19.3 Å². The molecule has 0 aliphatic rings. The molecule has 0 aromatic rings. The van der Waals surface area contributed by atoms with Crippen molar-refractivity contribution in [3.05, 3.63) is 0 Å². The van der Waals surface area contributed by atoms with Crippen molar-refractivity contribution in [3.63, 3.8) is 0 Å². The molecule has 13 heavy (non-hydrogen) atoms. The van der Waals surface area contributed by atoms with E-state index in [1.54, 1.807) is 0 Å². The summed E-state index contributed by atoms with van der Waals surface area (Å²) in [6.45, 7) is 5.59. The van der Waals surface area contributed by atoms with Crippen LogP contribution in [0.3, 0.4) is 0 Å². The summed E-state index contributed by atoms with van der Waals surface area (Å²) in [4.78, 5) is 0. The van der Waals surface area contributed by atoms with Crippen molar-refractivity contribution in [3.8, 4) is 0 Å². The zero-order chi connectivity index (χ0) is 9.78. The van der Waals surface area contributed by atoms with E-state index >= 15 is 0 Å². The molecule has 80 valence electrons. The molecule has 0 aromatic carbocycles. The van der Waals surface area contributed by atoms with Crippen LogP contribution in [-0.4, -0.2) is 39.3 Å². The number of hydrogen-bond acceptors (Lipinski definition) is 4. The van der Waals surface area contributed by atoms with Crippen LogP contribution in [0.2, 0.25) is 0 Å². The summed E-state index contributed by atoms with van der Waals surface area (Å²) in [5.74, 6) is 0. The van der Waals surface area contributed by atoms with E-state index in [9.17, 15) is 0 Å². The average molecular weight is 188 g/mol. The Hall–Kier alpha value is -0.160. The average Bonchev–Trinajstić information content (AvgIpc) is 2.16. The third-order valence-electron chi connectivity index (χ3n) is 1.86. The minimum Gasteiger partial charge on any atom is -0.330 e. The van der Waals surface area contributed by atoms with Gasteiger partial charge in [0.05, 0.1) is 0 Å². The lowest BCUT2D eigenvalue weighted by atomic mass is 10.2. The monoisotopic (exact) mass is 188 g/mol. The van der Waals surface area contributed by atoms with Gasteiger partial charge in [-0.15, -0.1) is 0 Å². The van der Waals surface area contributed by atoms with Crippen LogP contribution in [-0.2, 0) is 0 Å². The first-order chi connectivity index (χ1) is 6.41. The van der Waals surface area contributed by atoms with Crippen LogP contribution < -0.4 is 22.1 Å². The van der Waals surface area contributed by atoms with Gasteiger partial charge in [0.15, 0.2) is 0 Å². The topological polar surface area (TPSA) is 76.1 Å². The maximum atomic E-state index is 5.38. The Bertz CT molecular complexity index is 77.7. The van der Waals surface area contributed by atoms with Crippen LogP contribution in [0, 0.1) is 0 Å². The van der Waals surface area contributed by atoms with Gasteiger partial charge in [-0.25, -0.2) is 0 Å². The summed E-state index contributed by atoms with van der Waals surface area (Å²) >= 11 is 0. The highest BCUT2D eigenvalue weighted by Gasteiger charge is 1.88. The molecule has 0 aliphatic heterocycles. The third-order valence-corrected chi connectivity index (χ3v) is 1.86. The maximum Gasteiger partial charge on any atom is 0.00772 e. The van der Waals surface area contributed by atoms with Crippen molar-refractivity contribution in [2.45, 2.75) is 19.3 Å². The number of nitrogens with two attached hydrogens (primary N) is 2. The van der Waals surface area contributed by atoms with Crippen molar-refractivity contribution in [2.75, 3.05) is 39.3 Å². The molecule has 0 radical (unpaired) electrons. The molecule has 0 saturated carbocycles. The molecule has 4 nitrogen and oxygen atoms in total. The van der Waals surface area contributed by atoms with Gasteiger partial charge in [-0.2, -0.15) is 0 Å². The summed E-state index contributed by atoms with van der Waals surface area (Å²) in [6.07, 6.45) is 3.61. The van der Waals surface area contributed by atoms with Gasteiger partial charge in [0.1, 0.15) is 0 Å². The summed E-state index contributed by atoms with van der Waals surface area (Å²) in [5.41, 5.74) is 10.7. The molecule has 0 saturated heterocycles. The van der Waals surface area contributed by atoms with E-state index in [0.717, 1.165) is 45.7 Å². The zero-order valence-corrected chi connectivity index (χ0v) is 8.52. The minimum absolute atomic E-state index is 0.719. The van der Waals surface area contributed by atoms with E-state index in [0.29, 0.717) is 0 Å². The Morgan fingerprint density at radius 2 is 1.31 bits per heavy atom. The Morgan fingerprint density at radius 1 is 0.615 bits per heavy atom. The van der Waals surface area contributed by atoms with Gasteiger partial charge in [-0.05, 0) is 25.9 Å². The second kappa shape index (κ2) is 11.8. The molecule has 4 heteroatoms. The van der Waals surface area contributed by atoms with Gasteiger partial charge < -0.3 is 22.1 Å². The van der Waals surface area contributed by atoms with Gasteiger partial charge in [0.25, 0.3) is 0 Å². The minimum atomic E-state index is 0.719. The molecular formula is C9H24N4. The van der Waals surface area contributed by atoms with Crippen LogP contribution in [0.4, 0.5) is 0 Å². The molecule has 0 unspecified atom stereocenters. The van der Waals surface area contributed by atoms with E-state index in [4.69, 9.17) is 11.5 Å². The van der Waals surface area contributed by atoms with Crippen molar-refractivity contribution in [1.29, 1.82) is 0 Å². The molecular weight excluding hydrogens is 164 g/mol. The van der Waals surface area contributed by atoms with Gasteiger partial charge in [0, 0.05) is 26.2 Å². The lowest BCUT2D eigenvalue weighted by Crippen LogP contribution is -2.31. The largest absolute Gasteiger partial charge is 0.330 e. The fourth-order valence-electron chi connectivity index (χ4n) is 1.10. The molecule has 0 heterocycles. The molecule has 0 spiro atoms. The Labute approximate surface area is 81.4 Å². The Balaban J connectivity index is 2.76. The predicted octanol–water partition coefficient (Wildman–Crippen LogP) is -0.747. The van der Waals surface area contributed by atoms with E-state index < -0.39 is 0 Å². The quantitative estimate of drug-likeness (QED) is 0.340. The van der Waals surface area contributed by atoms with E-state index in [1.807, 2.05) is 0 Å². The summed E-state index contributed by atoms with van der Waals surface area (Å²) in [7, 11) is 0. The number of unbranched alkanes of at least 4 members (excludes halogenated alkanes) is 2. The second-order valence-corrected chi connectivity index (χ2v) is 3.14. The Morgan fingerprint density at radius 3 is 1.92 bits per heavy atom. The molecule has 0 bridgehead atoms. The first-order valence-corrected chi connectivity index (χ1v) is 5.23. The third kappa shape index (κ3) is 11.8. The van der Waals surface area contributed by atoms with Crippen molar-refractivity contribution in [2.24, 2.45) is 11.5 Å². The molecule has 0 fully saturated rings. The zero-order valence-electron chi connectivity index (χ0n) is 8.52. The van der Waals surface area contributed by atoms with Gasteiger partial charge in [0.2, 0.25) is 0 Å². The molecule has 0 atom stereocenters. The summed E-state index contributed by atoms with van der Waals surface area (Å²) in [6, 6.07) is 0. The molecule has 0 aromatic heterocycles. The first-order valence-electron chi connectivity index (χ1n) is 5.23. The van der Waals surface area contributed by atoms with Crippen LogP contribution >= 0.6 is 0 Å². The van der Waals surface area contributed by atoms with E-state index in [1.165, 1.54) is 12.8 Å². The standard InChI is InChI=1S/C9H24N4/c10-4-2-1-3-6-12-8-9-13-7-5-11/h12-13H,1-11H2. The lowest BCUT2D eigenvalue weighted by Gasteiger charge is -2.05. The molecule has 0 amide bonds. The van der Waals surface area contributed by atoms with Gasteiger partial charge in [-0.3, -0.25) is 0 Å². The van der Waals surface area contributed by atoms with E-state index in [-0.39, 0.29) is 0 Å². The normalized spacial score (nSPS) is 10.6. The maximum absolute atomic E-state index is 5.38. The molecule has 0 aliphatic carbocycles. The van der Waals surface area contributed by atoms with E-state index in [2.05, 4.69) is 10.6 Å². The first kappa shape index (κ1) is 12.8. The fraction of sp³-hybridized carbons (Fsp3) is 1.00. The smallest absolute Gasteiger partial charge is 0.00772 e. The lowest BCUT2D eigenvalue weighted by molar-refractivity contribution is 0.579. The van der Waals surface area contributed by atoms with Crippen molar-refractivity contribution in [1.82, 2.24) is 10.6 Å². The number of nitrogens with one attached hydrogen (secondary N) is 2. The second-order valence-electron chi connectivity index (χ2n) is 3.14. The predicted molar refractivity (Wildman–Crippen MR) is 57.7 cm³/mol. The number of hydrogen-bond donors (Lipinski definition) is 4. The summed E-state index contributed by atoms with van der Waals surface area (Å²) < 4.78 is 0. The van der Waals surface area contributed by atoms with Crippen LogP contribution in [0.15, 0.2) is 0 Å². The highest BCUT2D eigenvalue weighted by atomic mass is 14.9. The highest BCUT2D eigenvalue weighted by molar-refractivity contribution is 4.53. The van der Waals surface area contributed by atoms with Gasteiger partial charge in [-0.1, -0.05) is 6.42 Å². The number of rotatable bonds is 10. The molecule has 6 N–H and O–H groups in total. The Kier molecular flexibility index (Phi) is 11.7. The van der Waals surface area contributed by atoms with Crippen LogP contribution in [0.5, 0.6) is 0 Å². The van der Waals surface area contributed by atoms with Gasteiger partial charge >= 0.3 is 0 Å². The highest BCUT2D eigenvalue weighted by Crippen LogP contribution is 1.90. The molecule has 0 rings (SSSR count). The van der Waals surface area contributed by atoms with Crippen molar-refractivity contribution >= 4 is 0 Å². The van der Waals surface area contributed by atoms with Crippen LogP contribution in [0.25, 0.3) is 0 Å². The summed E-state index contributed by atoms with van der Waals surface area (Å²) in [5, 5.41) is 6.59. The fourth-order valence-corrected chi connectivity index (χ4v) is 1.10. The van der Waals surface area contributed by atoms with Crippen molar-refractivity contribution < 1.29 is 0 Å². The SMILES string of the molecule is NCCCCCNCCNCCN.